The number of halogens is 1. The molecular weight excluding hydrogens is 362 g/mol. The highest BCUT2D eigenvalue weighted by Gasteiger charge is 2.29. The second-order valence-corrected chi connectivity index (χ2v) is 7.38. The van der Waals surface area contributed by atoms with E-state index in [-0.39, 0.29) is 5.91 Å². The molecule has 4 rings (SSSR count). The molecular formula is C21H22ClN3O2. The molecule has 0 aliphatic heterocycles. The van der Waals surface area contributed by atoms with E-state index < -0.39 is 0 Å². The minimum atomic E-state index is -0.149. The standard InChI is InChI=1S/C21H22ClN3O2/c1-3-9-23-21(26)20-13(2)18-17(27-20)8-7-15-12-25(24-19(15)18)11-14-5-4-6-16(22)10-14/h4-6,10,12H,3,7-9,11H2,1-2H3,(H,23,26). The van der Waals surface area contributed by atoms with Crippen LogP contribution in [0.3, 0.4) is 0 Å². The Morgan fingerprint density at radius 3 is 3.00 bits per heavy atom. The number of hydrogen-bond acceptors (Lipinski definition) is 3. The van der Waals surface area contributed by atoms with Gasteiger partial charge in [0, 0.05) is 35.3 Å². The molecule has 140 valence electrons. The molecule has 1 aliphatic carbocycles. The molecule has 5 nitrogen and oxygen atoms in total. The first-order valence-corrected chi connectivity index (χ1v) is 9.66. The van der Waals surface area contributed by atoms with Crippen LogP contribution >= 0.6 is 11.6 Å². The third kappa shape index (κ3) is 3.39. The van der Waals surface area contributed by atoms with Gasteiger partial charge >= 0.3 is 0 Å². The Morgan fingerprint density at radius 1 is 1.37 bits per heavy atom. The van der Waals surface area contributed by atoms with Gasteiger partial charge in [0.2, 0.25) is 0 Å². The van der Waals surface area contributed by atoms with E-state index in [2.05, 4.69) is 11.5 Å². The summed E-state index contributed by atoms with van der Waals surface area (Å²) in [6.07, 6.45) is 4.62. The zero-order chi connectivity index (χ0) is 19.0. The summed E-state index contributed by atoms with van der Waals surface area (Å²) in [6.45, 7) is 5.26. The van der Waals surface area contributed by atoms with Gasteiger partial charge in [-0.15, -0.1) is 0 Å². The van der Waals surface area contributed by atoms with Crippen molar-refractivity contribution in [2.45, 2.75) is 39.7 Å². The van der Waals surface area contributed by atoms with E-state index in [4.69, 9.17) is 21.1 Å². The van der Waals surface area contributed by atoms with Gasteiger partial charge in [-0.1, -0.05) is 30.7 Å². The maximum atomic E-state index is 12.4. The van der Waals surface area contributed by atoms with Crippen LogP contribution in [0.25, 0.3) is 11.3 Å². The molecule has 1 aliphatic rings. The van der Waals surface area contributed by atoms with E-state index >= 15 is 0 Å². The monoisotopic (exact) mass is 383 g/mol. The van der Waals surface area contributed by atoms with Gasteiger partial charge in [0.15, 0.2) is 5.76 Å². The van der Waals surface area contributed by atoms with Gasteiger partial charge in [-0.05, 0) is 43.0 Å². The van der Waals surface area contributed by atoms with Crippen LogP contribution < -0.4 is 5.32 Å². The summed E-state index contributed by atoms with van der Waals surface area (Å²) in [5.41, 5.74) is 5.06. The first kappa shape index (κ1) is 17.9. The van der Waals surface area contributed by atoms with Crippen LogP contribution in [0.5, 0.6) is 0 Å². The van der Waals surface area contributed by atoms with Crippen LogP contribution in [0.2, 0.25) is 5.02 Å². The molecule has 1 N–H and O–H groups in total. The minimum Gasteiger partial charge on any atom is -0.455 e. The minimum absolute atomic E-state index is 0.149. The number of carbonyl (C=O) groups excluding carboxylic acids is 1. The molecule has 0 saturated heterocycles. The number of hydrogen-bond donors (Lipinski definition) is 1. The number of nitrogens with one attached hydrogen (secondary N) is 1. The molecule has 0 radical (unpaired) electrons. The third-order valence-electron chi connectivity index (χ3n) is 4.89. The Morgan fingerprint density at radius 2 is 2.22 bits per heavy atom. The average Bonchev–Trinajstić information content (AvgIpc) is 3.20. The number of fused-ring (bicyclic) bond motifs is 3. The predicted molar refractivity (Wildman–Crippen MR) is 105 cm³/mol. The molecule has 0 spiro atoms. The average molecular weight is 384 g/mol. The molecule has 6 heteroatoms. The number of aromatic nitrogens is 2. The first-order valence-electron chi connectivity index (χ1n) is 9.28. The Kier molecular flexibility index (Phi) is 4.79. The summed E-state index contributed by atoms with van der Waals surface area (Å²) >= 11 is 6.09. The molecule has 0 fully saturated rings. The van der Waals surface area contributed by atoms with Crippen LogP contribution in [0.1, 0.15) is 46.3 Å². The molecule has 0 bridgehead atoms. The van der Waals surface area contributed by atoms with Crippen molar-refractivity contribution in [1.29, 1.82) is 0 Å². The molecule has 3 aromatic rings. The van der Waals surface area contributed by atoms with Crippen molar-refractivity contribution in [3.8, 4) is 11.3 Å². The lowest BCUT2D eigenvalue weighted by Gasteiger charge is -2.09. The number of carbonyl (C=O) groups is 1. The van der Waals surface area contributed by atoms with E-state index in [0.29, 0.717) is 18.8 Å². The van der Waals surface area contributed by atoms with E-state index in [1.165, 1.54) is 5.56 Å². The van der Waals surface area contributed by atoms with Crippen LogP contribution in [0.4, 0.5) is 0 Å². The Hall–Kier alpha value is -2.53. The second kappa shape index (κ2) is 7.24. The van der Waals surface area contributed by atoms with Gasteiger partial charge in [-0.3, -0.25) is 9.48 Å². The zero-order valence-corrected chi connectivity index (χ0v) is 16.3. The van der Waals surface area contributed by atoms with Gasteiger partial charge in [-0.25, -0.2) is 0 Å². The topological polar surface area (TPSA) is 60.1 Å². The van der Waals surface area contributed by atoms with E-state index in [1.807, 2.05) is 42.8 Å². The quantitative estimate of drug-likeness (QED) is 0.710. The largest absolute Gasteiger partial charge is 0.455 e. The Labute approximate surface area is 163 Å². The molecule has 0 unspecified atom stereocenters. The number of nitrogens with zero attached hydrogens (tertiary/aromatic N) is 2. The van der Waals surface area contributed by atoms with Crippen molar-refractivity contribution in [2.75, 3.05) is 6.54 Å². The van der Waals surface area contributed by atoms with Gasteiger partial charge in [-0.2, -0.15) is 5.10 Å². The van der Waals surface area contributed by atoms with E-state index in [0.717, 1.165) is 52.4 Å². The van der Waals surface area contributed by atoms with Gasteiger partial charge in [0.1, 0.15) is 5.76 Å². The number of benzene rings is 1. The summed E-state index contributed by atoms with van der Waals surface area (Å²) in [5.74, 6) is 1.11. The lowest BCUT2D eigenvalue weighted by molar-refractivity contribution is 0.0923. The zero-order valence-electron chi connectivity index (χ0n) is 15.5. The highest BCUT2D eigenvalue weighted by atomic mass is 35.5. The number of amides is 1. The number of rotatable bonds is 5. The van der Waals surface area contributed by atoms with Crippen LogP contribution in [-0.2, 0) is 19.4 Å². The second-order valence-electron chi connectivity index (χ2n) is 6.94. The molecule has 2 heterocycles. The normalized spacial score (nSPS) is 12.6. The van der Waals surface area contributed by atoms with Crippen molar-refractivity contribution in [1.82, 2.24) is 15.1 Å². The maximum Gasteiger partial charge on any atom is 0.287 e. The molecule has 1 amide bonds. The number of furan rings is 1. The summed E-state index contributed by atoms with van der Waals surface area (Å²) < 4.78 is 7.86. The molecule has 27 heavy (non-hydrogen) atoms. The lowest BCUT2D eigenvalue weighted by atomic mass is 9.93. The SMILES string of the molecule is CCCNC(=O)c1oc2c(c1C)-c1nn(Cc3cccc(Cl)c3)cc1CC2. The van der Waals surface area contributed by atoms with Gasteiger partial charge in [0.25, 0.3) is 5.91 Å². The molecule has 1 aromatic carbocycles. The van der Waals surface area contributed by atoms with Crippen LogP contribution in [0, 0.1) is 6.92 Å². The fraction of sp³-hybridized carbons (Fsp3) is 0.333. The lowest BCUT2D eigenvalue weighted by Crippen LogP contribution is -2.24. The molecule has 2 aromatic heterocycles. The first-order chi connectivity index (χ1) is 13.1. The van der Waals surface area contributed by atoms with Crippen LogP contribution in [0.15, 0.2) is 34.9 Å². The van der Waals surface area contributed by atoms with Crippen molar-refractivity contribution in [3.05, 3.63) is 63.7 Å². The Bertz CT molecular complexity index is 1000. The van der Waals surface area contributed by atoms with Crippen molar-refractivity contribution < 1.29 is 9.21 Å². The smallest absolute Gasteiger partial charge is 0.287 e. The van der Waals surface area contributed by atoms with Crippen molar-refractivity contribution >= 4 is 17.5 Å². The van der Waals surface area contributed by atoms with Gasteiger partial charge < -0.3 is 9.73 Å². The van der Waals surface area contributed by atoms with E-state index in [9.17, 15) is 4.79 Å². The summed E-state index contributed by atoms with van der Waals surface area (Å²) in [4.78, 5) is 12.4. The van der Waals surface area contributed by atoms with Crippen molar-refractivity contribution in [3.63, 3.8) is 0 Å². The fourth-order valence-corrected chi connectivity index (χ4v) is 3.82. The van der Waals surface area contributed by atoms with Crippen molar-refractivity contribution in [2.24, 2.45) is 0 Å². The maximum absolute atomic E-state index is 12.4. The van der Waals surface area contributed by atoms with E-state index in [1.54, 1.807) is 0 Å². The summed E-state index contributed by atoms with van der Waals surface area (Å²) in [5, 5.41) is 8.41. The number of aryl methyl sites for hydroxylation is 2. The van der Waals surface area contributed by atoms with Gasteiger partial charge in [0.05, 0.1) is 12.2 Å². The van der Waals surface area contributed by atoms with Crippen LogP contribution in [-0.4, -0.2) is 22.2 Å². The Balaban J connectivity index is 1.66. The summed E-state index contributed by atoms with van der Waals surface area (Å²) in [7, 11) is 0. The highest BCUT2D eigenvalue weighted by molar-refractivity contribution is 6.30. The molecule has 0 saturated carbocycles. The third-order valence-corrected chi connectivity index (χ3v) is 5.13. The molecule has 0 atom stereocenters. The highest BCUT2D eigenvalue weighted by Crippen LogP contribution is 2.38. The fourth-order valence-electron chi connectivity index (χ4n) is 3.60. The predicted octanol–water partition coefficient (Wildman–Crippen LogP) is 4.39. The summed E-state index contributed by atoms with van der Waals surface area (Å²) in [6, 6.07) is 7.80.